The summed E-state index contributed by atoms with van der Waals surface area (Å²) in [6.07, 6.45) is 0.374. The summed E-state index contributed by atoms with van der Waals surface area (Å²) in [5, 5.41) is 18.4. The van der Waals surface area contributed by atoms with E-state index in [-0.39, 0.29) is 17.9 Å². The molecule has 8 heteroatoms. The fourth-order valence-electron chi connectivity index (χ4n) is 3.54. The molecular formula is C18H28O8. The minimum atomic E-state index is -2.47. The fraction of sp³-hybridized carbons (Fsp3) is 0.778. The molecule has 0 aliphatic heterocycles. The summed E-state index contributed by atoms with van der Waals surface area (Å²) in [7, 11) is 0. The Morgan fingerprint density at radius 1 is 1.12 bits per heavy atom. The van der Waals surface area contributed by atoms with Crippen LogP contribution in [0.15, 0.2) is 0 Å². The number of carbonyl (C=O) groups is 4. The van der Waals surface area contributed by atoms with E-state index in [1.165, 1.54) is 0 Å². The summed E-state index contributed by atoms with van der Waals surface area (Å²) in [6.45, 7) is 7.09. The van der Waals surface area contributed by atoms with Crippen molar-refractivity contribution >= 4 is 23.9 Å². The smallest absolute Gasteiger partial charge is 0.349 e. The number of esters is 2. The van der Waals surface area contributed by atoms with E-state index >= 15 is 0 Å². The minimum Gasteiger partial charge on any atom is -0.481 e. The van der Waals surface area contributed by atoms with Crippen LogP contribution in [0, 0.1) is 17.8 Å². The third kappa shape index (κ3) is 6.00. The van der Waals surface area contributed by atoms with Crippen molar-refractivity contribution < 1.29 is 38.9 Å². The van der Waals surface area contributed by atoms with Gasteiger partial charge in [0.1, 0.15) is 6.10 Å². The van der Waals surface area contributed by atoms with Crippen LogP contribution in [0.3, 0.4) is 0 Å². The van der Waals surface area contributed by atoms with Crippen LogP contribution in [0.2, 0.25) is 0 Å². The number of hydrogen-bond donors (Lipinski definition) is 2. The van der Waals surface area contributed by atoms with Gasteiger partial charge in [-0.25, -0.2) is 4.79 Å². The van der Waals surface area contributed by atoms with Crippen LogP contribution in [0.4, 0.5) is 0 Å². The van der Waals surface area contributed by atoms with Crippen molar-refractivity contribution in [3.63, 3.8) is 0 Å². The molecule has 0 heterocycles. The summed E-state index contributed by atoms with van der Waals surface area (Å²) >= 11 is 0. The number of carbonyl (C=O) groups excluding carboxylic acids is 2. The highest BCUT2D eigenvalue weighted by atomic mass is 16.6. The monoisotopic (exact) mass is 372 g/mol. The summed E-state index contributed by atoms with van der Waals surface area (Å²) in [5.41, 5.74) is -2.47. The van der Waals surface area contributed by atoms with Crippen LogP contribution in [0.5, 0.6) is 0 Å². The molecule has 4 atom stereocenters. The molecule has 0 radical (unpaired) electrons. The van der Waals surface area contributed by atoms with Crippen molar-refractivity contribution in [1.82, 2.24) is 0 Å². The Balaban J connectivity index is 2.95. The molecule has 0 aromatic carbocycles. The lowest BCUT2D eigenvalue weighted by atomic mass is 9.75. The predicted octanol–water partition coefficient (Wildman–Crippen LogP) is 2.24. The zero-order valence-corrected chi connectivity index (χ0v) is 15.7. The van der Waals surface area contributed by atoms with Gasteiger partial charge in [-0.2, -0.15) is 0 Å². The first-order valence-corrected chi connectivity index (χ1v) is 8.81. The van der Waals surface area contributed by atoms with E-state index in [2.05, 4.69) is 6.92 Å². The summed E-state index contributed by atoms with van der Waals surface area (Å²) in [6, 6.07) is 0. The Kier molecular flexibility index (Phi) is 7.59. The minimum absolute atomic E-state index is 0.155. The van der Waals surface area contributed by atoms with Crippen molar-refractivity contribution in [2.75, 3.05) is 0 Å². The molecular weight excluding hydrogens is 344 g/mol. The Hall–Kier alpha value is -2.12. The second kappa shape index (κ2) is 9.00. The van der Waals surface area contributed by atoms with E-state index in [4.69, 9.17) is 14.6 Å². The molecule has 1 fully saturated rings. The summed E-state index contributed by atoms with van der Waals surface area (Å²) < 4.78 is 10.3. The lowest BCUT2D eigenvalue weighted by molar-refractivity contribution is -0.188. The van der Waals surface area contributed by atoms with Gasteiger partial charge in [-0.1, -0.05) is 27.2 Å². The Morgan fingerprint density at radius 3 is 2.19 bits per heavy atom. The van der Waals surface area contributed by atoms with Gasteiger partial charge in [0, 0.05) is 6.92 Å². The third-order valence-electron chi connectivity index (χ3n) is 4.84. The molecule has 0 aromatic rings. The van der Waals surface area contributed by atoms with Gasteiger partial charge in [0.25, 0.3) is 0 Å². The van der Waals surface area contributed by atoms with E-state index < -0.39 is 42.3 Å². The normalized spacial score (nSPS) is 25.2. The second-order valence-corrected chi connectivity index (χ2v) is 7.49. The molecule has 0 bridgehead atoms. The van der Waals surface area contributed by atoms with Crippen LogP contribution >= 0.6 is 0 Å². The molecule has 0 saturated heterocycles. The highest BCUT2D eigenvalue weighted by molar-refractivity contribution is 5.90. The van der Waals surface area contributed by atoms with Gasteiger partial charge in [0.15, 0.2) is 0 Å². The fourth-order valence-corrected chi connectivity index (χ4v) is 3.54. The average molecular weight is 372 g/mol. The van der Waals surface area contributed by atoms with Crippen molar-refractivity contribution in [2.45, 2.75) is 71.5 Å². The Morgan fingerprint density at radius 2 is 1.73 bits per heavy atom. The van der Waals surface area contributed by atoms with Gasteiger partial charge >= 0.3 is 23.9 Å². The van der Waals surface area contributed by atoms with Crippen molar-refractivity contribution in [3.05, 3.63) is 0 Å². The maximum Gasteiger partial charge on any atom is 0.349 e. The number of ether oxygens (including phenoxy) is 2. The van der Waals surface area contributed by atoms with Crippen molar-refractivity contribution in [2.24, 2.45) is 17.8 Å². The first-order chi connectivity index (χ1) is 12.0. The van der Waals surface area contributed by atoms with Gasteiger partial charge in [-0.15, -0.1) is 0 Å². The molecule has 1 saturated carbocycles. The second-order valence-electron chi connectivity index (χ2n) is 7.49. The number of hydrogen-bond acceptors (Lipinski definition) is 6. The average Bonchev–Trinajstić information content (AvgIpc) is 2.44. The molecule has 0 spiro atoms. The highest BCUT2D eigenvalue weighted by Gasteiger charge is 2.47. The van der Waals surface area contributed by atoms with Gasteiger partial charge in [0.05, 0.1) is 12.8 Å². The molecule has 1 aliphatic carbocycles. The van der Waals surface area contributed by atoms with Crippen LogP contribution in [0.25, 0.3) is 0 Å². The first kappa shape index (κ1) is 21.9. The lowest BCUT2D eigenvalue weighted by Crippen LogP contribution is -2.47. The van der Waals surface area contributed by atoms with E-state index in [9.17, 15) is 24.3 Å². The molecule has 1 aliphatic rings. The molecule has 0 amide bonds. The molecule has 2 N–H and O–H groups in total. The van der Waals surface area contributed by atoms with Crippen LogP contribution < -0.4 is 0 Å². The first-order valence-electron chi connectivity index (χ1n) is 8.81. The quantitative estimate of drug-likeness (QED) is 0.621. The van der Waals surface area contributed by atoms with Crippen molar-refractivity contribution in [1.29, 1.82) is 0 Å². The number of rotatable bonds is 8. The van der Waals surface area contributed by atoms with E-state index in [0.717, 1.165) is 19.8 Å². The number of carboxylic acids is 2. The van der Waals surface area contributed by atoms with E-state index in [0.29, 0.717) is 12.3 Å². The maximum atomic E-state index is 12.4. The Bertz CT molecular complexity index is 537. The maximum absolute atomic E-state index is 12.4. The van der Waals surface area contributed by atoms with Gasteiger partial charge < -0.3 is 19.7 Å². The van der Waals surface area contributed by atoms with E-state index in [1.807, 2.05) is 13.8 Å². The molecule has 1 rings (SSSR count). The highest BCUT2D eigenvalue weighted by Crippen LogP contribution is 2.36. The molecule has 8 nitrogen and oxygen atoms in total. The third-order valence-corrected chi connectivity index (χ3v) is 4.84. The lowest BCUT2D eigenvalue weighted by Gasteiger charge is -2.37. The van der Waals surface area contributed by atoms with Gasteiger partial charge in [-0.3, -0.25) is 14.4 Å². The molecule has 0 aromatic heterocycles. The number of aliphatic carboxylic acids is 2. The zero-order chi connectivity index (χ0) is 20.1. The van der Waals surface area contributed by atoms with Crippen LogP contribution in [0.1, 0.15) is 59.8 Å². The number of carboxylic acid groups (broad SMARTS) is 2. The Labute approximate surface area is 152 Å². The summed E-state index contributed by atoms with van der Waals surface area (Å²) in [5.74, 6) is -4.22. The predicted molar refractivity (Wildman–Crippen MR) is 90.2 cm³/mol. The van der Waals surface area contributed by atoms with E-state index in [1.54, 1.807) is 0 Å². The molecule has 26 heavy (non-hydrogen) atoms. The van der Waals surface area contributed by atoms with Gasteiger partial charge in [-0.05, 0) is 30.6 Å². The largest absolute Gasteiger partial charge is 0.481 e. The molecule has 4 unspecified atom stereocenters. The van der Waals surface area contributed by atoms with Crippen molar-refractivity contribution in [3.8, 4) is 0 Å². The SMILES string of the molecule is CC(=O)OC(CC(=O)O)(CC(=O)OC1CC(C)CCC1C(C)C)C(=O)O. The summed E-state index contributed by atoms with van der Waals surface area (Å²) in [4.78, 5) is 46.3. The topological polar surface area (TPSA) is 127 Å². The molecule has 148 valence electrons. The standard InChI is InChI=1S/C18H28O8/c1-10(2)13-6-5-11(3)7-14(13)25-16(22)9-18(17(23)24,8-15(20)21)26-12(4)19/h10-11,13-14H,5-9H2,1-4H3,(H,20,21)(H,23,24). The van der Waals surface area contributed by atoms with Crippen LogP contribution in [-0.4, -0.2) is 45.8 Å². The zero-order valence-electron chi connectivity index (χ0n) is 15.7. The van der Waals surface area contributed by atoms with Gasteiger partial charge in [0.2, 0.25) is 5.60 Å². The van der Waals surface area contributed by atoms with Crippen LogP contribution in [-0.2, 0) is 28.7 Å².